The number of sulfone groups is 1. The summed E-state index contributed by atoms with van der Waals surface area (Å²) in [5.41, 5.74) is 5.44. The molecule has 0 aliphatic carbocycles. The van der Waals surface area contributed by atoms with Crippen LogP contribution in [0, 0.1) is 0 Å². The number of carbonyl (C=O) groups is 2. The molecule has 2 aliphatic heterocycles. The standard InChI is InChI=1S/C32H33N5O5S2/c38-30(33-27-9-11-28(12-10-27)37-13-17-42-18-14-37)26-7-5-24(6-8-26)29-22-43-32(34-29)35-31(39)25-3-1-23(2-4-25)21-36-15-19-44(40,41)20-16-36/h1-12,22H,13-21H2,(H,33,38)(H,34,35,39). The van der Waals surface area contributed by atoms with Crippen molar-refractivity contribution in [2.75, 3.05) is 66.4 Å². The topological polar surface area (TPSA) is 121 Å². The fraction of sp³-hybridized carbons (Fsp3) is 0.281. The van der Waals surface area contributed by atoms with Crippen LogP contribution in [0.25, 0.3) is 11.3 Å². The van der Waals surface area contributed by atoms with Crippen molar-refractivity contribution in [1.82, 2.24) is 9.88 Å². The lowest BCUT2D eigenvalue weighted by Crippen LogP contribution is -2.39. The lowest BCUT2D eigenvalue weighted by Gasteiger charge is -2.28. The average Bonchev–Trinajstić information content (AvgIpc) is 3.51. The molecule has 0 spiro atoms. The molecule has 6 rings (SSSR count). The lowest BCUT2D eigenvalue weighted by molar-refractivity contribution is 0.101. The summed E-state index contributed by atoms with van der Waals surface area (Å²) in [6.07, 6.45) is 0. The van der Waals surface area contributed by atoms with Crippen molar-refractivity contribution in [1.29, 1.82) is 0 Å². The highest BCUT2D eigenvalue weighted by Crippen LogP contribution is 2.26. The third-order valence-corrected chi connectivity index (χ3v) is 10.1. The monoisotopic (exact) mass is 631 g/mol. The summed E-state index contributed by atoms with van der Waals surface area (Å²) in [6.45, 7) is 4.86. The molecule has 228 valence electrons. The van der Waals surface area contributed by atoms with Crippen LogP contribution in [-0.2, 0) is 21.1 Å². The number of anilines is 3. The van der Waals surface area contributed by atoms with E-state index in [1.165, 1.54) is 11.3 Å². The van der Waals surface area contributed by atoms with Gasteiger partial charge in [-0.05, 0) is 54.1 Å². The van der Waals surface area contributed by atoms with Crippen LogP contribution >= 0.6 is 11.3 Å². The summed E-state index contributed by atoms with van der Waals surface area (Å²) in [6, 6.07) is 22.3. The molecule has 2 fully saturated rings. The maximum atomic E-state index is 12.8. The molecule has 2 amide bonds. The van der Waals surface area contributed by atoms with Crippen LogP contribution in [0.5, 0.6) is 0 Å². The van der Waals surface area contributed by atoms with Gasteiger partial charge in [0, 0.05) is 66.2 Å². The van der Waals surface area contributed by atoms with Crippen LogP contribution in [0.1, 0.15) is 26.3 Å². The summed E-state index contributed by atoms with van der Waals surface area (Å²) in [4.78, 5) is 34.6. The molecule has 0 saturated carbocycles. The Labute approximate surface area is 260 Å². The van der Waals surface area contributed by atoms with Crippen molar-refractivity contribution in [3.63, 3.8) is 0 Å². The molecule has 3 aromatic carbocycles. The Balaban J connectivity index is 1.01. The molecule has 3 heterocycles. The van der Waals surface area contributed by atoms with E-state index in [9.17, 15) is 18.0 Å². The van der Waals surface area contributed by atoms with E-state index < -0.39 is 9.84 Å². The molecule has 0 radical (unpaired) electrons. The maximum absolute atomic E-state index is 12.8. The number of benzene rings is 3. The molecular formula is C32H33N5O5S2. The van der Waals surface area contributed by atoms with Gasteiger partial charge in [0.15, 0.2) is 15.0 Å². The van der Waals surface area contributed by atoms with Crippen molar-refractivity contribution in [2.24, 2.45) is 0 Å². The first-order valence-corrected chi connectivity index (χ1v) is 17.1. The second-order valence-corrected chi connectivity index (χ2v) is 14.0. The van der Waals surface area contributed by atoms with Gasteiger partial charge in [-0.3, -0.25) is 19.8 Å². The summed E-state index contributed by atoms with van der Waals surface area (Å²) in [5, 5.41) is 8.15. The van der Waals surface area contributed by atoms with Crippen molar-refractivity contribution >= 4 is 49.5 Å². The van der Waals surface area contributed by atoms with Crippen LogP contribution in [0.2, 0.25) is 0 Å². The van der Waals surface area contributed by atoms with Gasteiger partial charge in [-0.15, -0.1) is 11.3 Å². The van der Waals surface area contributed by atoms with Gasteiger partial charge in [0.05, 0.1) is 30.4 Å². The zero-order valence-corrected chi connectivity index (χ0v) is 25.7. The molecule has 4 aromatic rings. The predicted octanol–water partition coefficient (Wildman–Crippen LogP) is 4.38. The third-order valence-electron chi connectivity index (χ3n) is 7.73. The number of aromatic nitrogens is 1. The quantitative estimate of drug-likeness (QED) is 0.294. The van der Waals surface area contributed by atoms with Gasteiger partial charge in [-0.1, -0.05) is 24.3 Å². The Morgan fingerprint density at radius 3 is 2.07 bits per heavy atom. The minimum atomic E-state index is -2.91. The number of nitrogens with zero attached hydrogens (tertiary/aromatic N) is 3. The fourth-order valence-corrected chi connectivity index (χ4v) is 7.13. The van der Waals surface area contributed by atoms with Crippen LogP contribution in [0.4, 0.5) is 16.5 Å². The Kier molecular flexibility index (Phi) is 9.03. The number of hydrogen-bond donors (Lipinski definition) is 2. The molecule has 2 saturated heterocycles. The van der Waals surface area contributed by atoms with E-state index in [0.29, 0.717) is 41.6 Å². The van der Waals surface area contributed by atoms with E-state index in [1.54, 1.807) is 24.3 Å². The number of hydrogen-bond acceptors (Lipinski definition) is 9. The van der Waals surface area contributed by atoms with Crippen molar-refractivity contribution in [3.8, 4) is 11.3 Å². The summed E-state index contributed by atoms with van der Waals surface area (Å²) in [5.74, 6) is -0.0782. The lowest BCUT2D eigenvalue weighted by atomic mass is 10.1. The molecule has 12 heteroatoms. The second kappa shape index (κ2) is 13.3. The van der Waals surface area contributed by atoms with Gasteiger partial charge in [0.1, 0.15) is 0 Å². The zero-order valence-electron chi connectivity index (χ0n) is 24.1. The van der Waals surface area contributed by atoms with E-state index in [0.717, 1.165) is 48.8 Å². The number of ether oxygens (including phenoxy) is 1. The summed E-state index contributed by atoms with van der Waals surface area (Å²) < 4.78 is 28.7. The first-order chi connectivity index (χ1) is 21.3. The smallest absolute Gasteiger partial charge is 0.257 e. The van der Waals surface area contributed by atoms with Crippen LogP contribution in [0.15, 0.2) is 78.2 Å². The minimum absolute atomic E-state index is 0.189. The van der Waals surface area contributed by atoms with E-state index in [2.05, 4.69) is 25.4 Å². The van der Waals surface area contributed by atoms with Gasteiger partial charge in [-0.25, -0.2) is 13.4 Å². The molecule has 0 bridgehead atoms. The Morgan fingerprint density at radius 2 is 1.41 bits per heavy atom. The first kappa shape index (κ1) is 29.9. The SMILES string of the molecule is O=C(Nc1ccc(N2CCOCC2)cc1)c1ccc(-c2csc(NC(=O)c3ccc(CN4CCS(=O)(=O)CC4)cc3)n2)cc1. The predicted molar refractivity (Wildman–Crippen MR) is 173 cm³/mol. The van der Waals surface area contributed by atoms with E-state index in [1.807, 2.05) is 53.9 Å². The highest BCUT2D eigenvalue weighted by molar-refractivity contribution is 7.91. The van der Waals surface area contributed by atoms with Crippen molar-refractivity contribution in [3.05, 3.63) is 94.9 Å². The normalized spacial score (nSPS) is 16.8. The molecule has 0 atom stereocenters. The Bertz CT molecular complexity index is 1700. The van der Waals surface area contributed by atoms with Gasteiger partial charge < -0.3 is 15.0 Å². The Hall–Kier alpha value is -4.10. The molecule has 1 aromatic heterocycles. The average molecular weight is 632 g/mol. The van der Waals surface area contributed by atoms with Gasteiger partial charge in [0.25, 0.3) is 11.8 Å². The Morgan fingerprint density at radius 1 is 0.795 bits per heavy atom. The summed E-state index contributed by atoms with van der Waals surface area (Å²) >= 11 is 1.33. The molecular weight excluding hydrogens is 599 g/mol. The molecule has 2 N–H and O–H groups in total. The van der Waals surface area contributed by atoms with Crippen LogP contribution in [-0.4, -0.2) is 81.0 Å². The third kappa shape index (κ3) is 7.51. The molecule has 0 unspecified atom stereocenters. The largest absolute Gasteiger partial charge is 0.378 e. The van der Waals surface area contributed by atoms with Crippen molar-refractivity contribution < 1.29 is 22.7 Å². The molecule has 44 heavy (non-hydrogen) atoms. The number of rotatable bonds is 8. The van der Waals surface area contributed by atoms with E-state index in [4.69, 9.17) is 4.74 Å². The second-order valence-electron chi connectivity index (χ2n) is 10.8. The fourth-order valence-electron chi connectivity index (χ4n) is 5.13. The van der Waals surface area contributed by atoms with Crippen molar-refractivity contribution in [2.45, 2.75) is 6.54 Å². The number of amides is 2. The van der Waals surface area contributed by atoms with E-state index in [-0.39, 0.29) is 23.3 Å². The number of morpholine rings is 1. The first-order valence-electron chi connectivity index (χ1n) is 14.4. The number of nitrogens with one attached hydrogen (secondary N) is 2. The van der Waals surface area contributed by atoms with Crippen LogP contribution < -0.4 is 15.5 Å². The van der Waals surface area contributed by atoms with Gasteiger partial charge in [-0.2, -0.15) is 0 Å². The number of thiazole rings is 1. The van der Waals surface area contributed by atoms with Gasteiger partial charge >= 0.3 is 0 Å². The highest BCUT2D eigenvalue weighted by Gasteiger charge is 2.21. The summed E-state index contributed by atoms with van der Waals surface area (Å²) in [7, 11) is -2.91. The maximum Gasteiger partial charge on any atom is 0.257 e. The van der Waals surface area contributed by atoms with Gasteiger partial charge in [0.2, 0.25) is 0 Å². The molecule has 2 aliphatic rings. The van der Waals surface area contributed by atoms with E-state index >= 15 is 0 Å². The zero-order chi connectivity index (χ0) is 30.5. The minimum Gasteiger partial charge on any atom is -0.378 e. The van der Waals surface area contributed by atoms with Crippen LogP contribution in [0.3, 0.4) is 0 Å². The number of carbonyl (C=O) groups excluding carboxylic acids is 2. The molecule has 10 nitrogen and oxygen atoms in total. The highest BCUT2D eigenvalue weighted by atomic mass is 32.2.